The number of imidazole rings is 1. The lowest BCUT2D eigenvalue weighted by molar-refractivity contribution is -0.136. The third kappa shape index (κ3) is 5.50. The first-order valence-electron chi connectivity index (χ1n) is 15.5. The summed E-state index contributed by atoms with van der Waals surface area (Å²) in [6.07, 6.45) is 9.54. The second-order valence-corrected chi connectivity index (χ2v) is 12.4. The van der Waals surface area contributed by atoms with E-state index in [9.17, 15) is 19.2 Å². The van der Waals surface area contributed by atoms with Crippen molar-refractivity contribution in [2.45, 2.75) is 45.4 Å². The maximum Gasteiger partial charge on any atom is 0.276 e. The number of halogens is 1. The fraction of sp³-hybridized carbons (Fsp3) is 0.324. The Labute approximate surface area is 270 Å². The molecule has 236 valence electrons. The summed E-state index contributed by atoms with van der Waals surface area (Å²) in [5.74, 6) is -0.846. The Morgan fingerprint density at radius 3 is 2.63 bits per heavy atom. The minimum atomic E-state index is -0.615. The second-order valence-electron chi connectivity index (χ2n) is 12.0. The molecule has 4 aromatic rings. The van der Waals surface area contributed by atoms with E-state index in [1.54, 1.807) is 26.4 Å². The third-order valence-corrected chi connectivity index (χ3v) is 9.54. The van der Waals surface area contributed by atoms with E-state index in [2.05, 4.69) is 26.2 Å². The van der Waals surface area contributed by atoms with Crippen LogP contribution in [-0.2, 0) is 29.2 Å². The molecule has 3 aliphatic heterocycles. The van der Waals surface area contributed by atoms with Gasteiger partial charge in [0.05, 0.1) is 18.2 Å². The molecule has 0 saturated carbocycles. The van der Waals surface area contributed by atoms with Crippen molar-refractivity contribution in [1.82, 2.24) is 29.1 Å². The van der Waals surface area contributed by atoms with Crippen molar-refractivity contribution in [3.63, 3.8) is 0 Å². The molecular weight excluding hydrogens is 606 g/mol. The number of benzene rings is 2. The molecule has 12 heteroatoms. The minimum Gasteiger partial charge on any atom is -0.369 e. The van der Waals surface area contributed by atoms with Gasteiger partial charge in [-0.05, 0) is 42.7 Å². The Kier molecular flexibility index (Phi) is 7.95. The van der Waals surface area contributed by atoms with Gasteiger partial charge in [0.1, 0.15) is 11.6 Å². The van der Waals surface area contributed by atoms with Crippen molar-refractivity contribution in [2.24, 2.45) is 0 Å². The summed E-state index contributed by atoms with van der Waals surface area (Å²) in [6.45, 7) is 6.74. The van der Waals surface area contributed by atoms with Crippen molar-refractivity contribution in [3.8, 4) is 11.3 Å². The Morgan fingerprint density at radius 2 is 1.87 bits per heavy atom. The molecule has 3 aliphatic rings. The highest BCUT2D eigenvalue weighted by Crippen LogP contribution is 2.32. The summed E-state index contributed by atoms with van der Waals surface area (Å²) in [4.78, 5) is 60.6. The maximum atomic E-state index is 13.3. The van der Waals surface area contributed by atoms with E-state index in [4.69, 9.17) is 11.6 Å². The van der Waals surface area contributed by atoms with Gasteiger partial charge in [-0.1, -0.05) is 42.0 Å². The van der Waals surface area contributed by atoms with Crippen molar-refractivity contribution in [3.05, 3.63) is 99.3 Å². The molecule has 0 spiro atoms. The number of nitrogens with one attached hydrogen (secondary N) is 1. The predicted molar refractivity (Wildman–Crippen MR) is 175 cm³/mol. The van der Waals surface area contributed by atoms with Crippen LogP contribution in [0.5, 0.6) is 0 Å². The Bertz CT molecular complexity index is 1960. The summed E-state index contributed by atoms with van der Waals surface area (Å²) in [6, 6.07) is 11.4. The number of carbonyl (C=O) groups excluding carboxylic acids is 3. The number of hydrogen-bond acceptors (Lipinski definition) is 7. The number of amides is 3. The van der Waals surface area contributed by atoms with E-state index in [0.717, 1.165) is 54.3 Å². The standard InChI is InChI=1S/C34H34ClN7O4/c1-2-3-10-40-20-30(42-21-36-17-29(42)34(40)46)22-4-5-24(27(35)15-22)18-38-11-13-39(14-12-38)25-7-6-23-19-41(33(45)26(23)16-25)28-8-9-31(43)37-32(28)44/h2-7,15-17,20-21,28H,8-14,18-19H2,1H3,(H,37,43,44)/b3-2+. The molecule has 1 N–H and O–H groups in total. The fourth-order valence-corrected chi connectivity index (χ4v) is 6.85. The number of rotatable bonds is 7. The first-order chi connectivity index (χ1) is 22.3. The quantitative estimate of drug-likeness (QED) is 0.243. The van der Waals surface area contributed by atoms with Gasteiger partial charge in [-0.2, -0.15) is 0 Å². The number of imide groups is 1. The van der Waals surface area contributed by atoms with Crippen molar-refractivity contribution in [2.75, 3.05) is 31.1 Å². The van der Waals surface area contributed by atoms with Crippen molar-refractivity contribution in [1.29, 1.82) is 0 Å². The highest BCUT2D eigenvalue weighted by Gasteiger charge is 2.39. The average molecular weight is 640 g/mol. The van der Waals surface area contributed by atoms with Gasteiger partial charge in [-0.3, -0.25) is 33.8 Å². The number of piperazine rings is 1. The summed E-state index contributed by atoms with van der Waals surface area (Å²) < 4.78 is 3.48. The zero-order valence-corrected chi connectivity index (χ0v) is 26.2. The zero-order valence-electron chi connectivity index (χ0n) is 25.5. The lowest BCUT2D eigenvalue weighted by Gasteiger charge is -2.36. The van der Waals surface area contributed by atoms with Gasteiger partial charge in [0.15, 0.2) is 0 Å². The molecule has 1 atom stereocenters. The molecule has 2 aromatic heterocycles. The zero-order chi connectivity index (χ0) is 31.9. The van der Waals surface area contributed by atoms with E-state index >= 15 is 0 Å². The molecule has 0 bridgehead atoms. The van der Waals surface area contributed by atoms with E-state index < -0.39 is 11.9 Å². The van der Waals surface area contributed by atoms with Gasteiger partial charge in [0.25, 0.3) is 11.5 Å². The summed E-state index contributed by atoms with van der Waals surface area (Å²) >= 11 is 6.84. The minimum absolute atomic E-state index is 0.0955. The van der Waals surface area contributed by atoms with Gasteiger partial charge < -0.3 is 14.4 Å². The molecule has 5 heterocycles. The first-order valence-corrected chi connectivity index (χ1v) is 15.9. The summed E-state index contributed by atoms with van der Waals surface area (Å²) in [7, 11) is 0. The van der Waals surface area contributed by atoms with Crippen LogP contribution >= 0.6 is 11.6 Å². The Hall–Kier alpha value is -4.74. The van der Waals surface area contributed by atoms with Gasteiger partial charge >= 0.3 is 0 Å². The van der Waals surface area contributed by atoms with Crippen molar-refractivity contribution < 1.29 is 14.4 Å². The van der Waals surface area contributed by atoms with E-state index in [-0.39, 0.29) is 23.8 Å². The fourth-order valence-electron chi connectivity index (χ4n) is 6.61. The van der Waals surface area contributed by atoms with Gasteiger partial charge in [0, 0.05) is 80.3 Å². The molecule has 2 fully saturated rings. The van der Waals surface area contributed by atoms with Crippen LogP contribution in [0.1, 0.15) is 41.3 Å². The average Bonchev–Trinajstić information content (AvgIpc) is 3.67. The molecule has 1 unspecified atom stereocenters. The van der Waals surface area contributed by atoms with E-state index in [1.807, 2.05) is 55.6 Å². The van der Waals surface area contributed by atoms with Crippen LogP contribution in [0.4, 0.5) is 5.69 Å². The normalized spacial score (nSPS) is 19.0. The van der Waals surface area contributed by atoms with Gasteiger partial charge in [-0.25, -0.2) is 4.98 Å². The van der Waals surface area contributed by atoms with E-state index in [1.165, 1.54) is 0 Å². The molecule has 2 saturated heterocycles. The highest BCUT2D eigenvalue weighted by molar-refractivity contribution is 6.31. The number of allylic oxidation sites excluding steroid dienone is 2. The van der Waals surface area contributed by atoms with Crippen LogP contribution in [0.15, 0.2) is 72.1 Å². The molecular formula is C34H34ClN7O4. The second kappa shape index (κ2) is 12.2. The monoisotopic (exact) mass is 639 g/mol. The smallest absolute Gasteiger partial charge is 0.276 e. The van der Waals surface area contributed by atoms with Crippen LogP contribution in [0.2, 0.25) is 5.02 Å². The van der Waals surface area contributed by atoms with Crippen LogP contribution in [0.3, 0.4) is 0 Å². The lowest BCUT2D eigenvalue weighted by atomic mass is 10.0. The van der Waals surface area contributed by atoms with Gasteiger partial charge in [-0.15, -0.1) is 0 Å². The number of fused-ring (bicyclic) bond motifs is 2. The first kappa shape index (κ1) is 29.9. The lowest BCUT2D eigenvalue weighted by Crippen LogP contribution is -2.52. The number of anilines is 1. The summed E-state index contributed by atoms with van der Waals surface area (Å²) in [5, 5.41) is 3.02. The molecule has 0 radical (unpaired) electrons. The van der Waals surface area contributed by atoms with Crippen molar-refractivity contribution >= 4 is 40.5 Å². The number of nitrogens with zero attached hydrogens (tertiary/aromatic N) is 6. The molecule has 11 nitrogen and oxygen atoms in total. The third-order valence-electron chi connectivity index (χ3n) is 9.19. The Balaban J connectivity index is 1.01. The molecule has 2 aromatic carbocycles. The number of carbonyl (C=O) groups is 3. The number of aromatic nitrogens is 3. The SMILES string of the molecule is C/C=C/Cn1cc(-c2ccc(CN3CCN(c4ccc5c(c4)C(=O)N(C4CCC(=O)NC4=O)C5)CC3)c(Cl)c2)n2cncc2c1=O. The number of hydrogen-bond donors (Lipinski definition) is 1. The topological polar surface area (TPSA) is 112 Å². The molecule has 3 amide bonds. The van der Waals surface area contributed by atoms with Crippen LogP contribution in [-0.4, -0.2) is 73.7 Å². The maximum absolute atomic E-state index is 13.3. The summed E-state index contributed by atoms with van der Waals surface area (Å²) in [5.41, 5.74) is 5.70. The van der Waals surface area contributed by atoms with Crippen LogP contribution < -0.4 is 15.8 Å². The highest BCUT2D eigenvalue weighted by atomic mass is 35.5. The molecule has 46 heavy (non-hydrogen) atoms. The van der Waals surface area contributed by atoms with E-state index in [0.29, 0.717) is 42.2 Å². The van der Waals surface area contributed by atoms with Gasteiger partial charge in [0.2, 0.25) is 11.8 Å². The predicted octanol–water partition coefficient (Wildman–Crippen LogP) is 3.48. The number of piperidine rings is 1. The molecule has 7 rings (SSSR count). The van der Waals surface area contributed by atoms with Crippen LogP contribution in [0, 0.1) is 0 Å². The van der Waals surface area contributed by atoms with Crippen LogP contribution in [0.25, 0.3) is 16.8 Å². The molecule has 0 aliphatic carbocycles. The Morgan fingerprint density at radius 1 is 1.04 bits per heavy atom. The largest absolute Gasteiger partial charge is 0.369 e.